The average molecular weight is 338 g/mol. The van der Waals surface area contributed by atoms with E-state index in [1.807, 2.05) is 37.3 Å². The van der Waals surface area contributed by atoms with E-state index in [-0.39, 0.29) is 29.6 Å². The SMILES string of the molecule is C/C=C1/CN[C@H]2Cc3c([nH]c4ccccc34)C(=O)CC1C2C(=O)OC. The molecule has 4 rings (SSSR count). The highest BCUT2D eigenvalue weighted by molar-refractivity contribution is 6.03. The van der Waals surface area contributed by atoms with Crippen LogP contribution < -0.4 is 5.32 Å². The number of methoxy groups -OCH3 is 1. The van der Waals surface area contributed by atoms with Gasteiger partial charge in [0.15, 0.2) is 5.78 Å². The largest absolute Gasteiger partial charge is 0.469 e. The van der Waals surface area contributed by atoms with Crippen LogP contribution >= 0.6 is 0 Å². The molecule has 1 aromatic carbocycles. The maximum absolute atomic E-state index is 13.0. The Bertz CT molecular complexity index is 880. The summed E-state index contributed by atoms with van der Waals surface area (Å²) in [6.07, 6.45) is 2.99. The predicted octanol–water partition coefficient (Wildman–Crippen LogP) is 2.62. The molecule has 1 aliphatic carbocycles. The van der Waals surface area contributed by atoms with E-state index >= 15 is 0 Å². The molecular weight excluding hydrogens is 316 g/mol. The summed E-state index contributed by atoms with van der Waals surface area (Å²) in [5.41, 5.74) is 3.78. The summed E-state index contributed by atoms with van der Waals surface area (Å²) in [4.78, 5) is 28.8. The molecule has 0 spiro atoms. The van der Waals surface area contributed by atoms with Gasteiger partial charge in [-0.1, -0.05) is 29.8 Å². The number of benzene rings is 1. The van der Waals surface area contributed by atoms with E-state index in [4.69, 9.17) is 4.74 Å². The number of ether oxygens (including phenoxy) is 1. The second-order valence-corrected chi connectivity index (χ2v) is 6.86. The summed E-state index contributed by atoms with van der Waals surface area (Å²) in [5, 5.41) is 4.56. The summed E-state index contributed by atoms with van der Waals surface area (Å²) in [7, 11) is 1.42. The van der Waals surface area contributed by atoms with E-state index < -0.39 is 0 Å². The van der Waals surface area contributed by atoms with Gasteiger partial charge in [-0.3, -0.25) is 9.59 Å². The van der Waals surface area contributed by atoms with Gasteiger partial charge >= 0.3 is 5.97 Å². The molecule has 5 nitrogen and oxygen atoms in total. The molecule has 2 aliphatic rings. The summed E-state index contributed by atoms with van der Waals surface area (Å²) in [6.45, 7) is 2.67. The molecule has 5 heteroatoms. The average Bonchev–Trinajstić information content (AvgIpc) is 2.99. The first-order valence-corrected chi connectivity index (χ1v) is 8.73. The highest BCUT2D eigenvalue weighted by atomic mass is 16.5. The normalized spacial score (nSPS) is 27.7. The molecule has 1 aromatic heterocycles. The summed E-state index contributed by atoms with van der Waals surface area (Å²) in [5.74, 6) is -0.603. The van der Waals surface area contributed by atoms with Crippen LogP contribution in [0.1, 0.15) is 29.4 Å². The monoisotopic (exact) mass is 338 g/mol. The standard InChI is InChI=1S/C20H22N2O3/c1-3-11-10-21-16-8-14-12-6-4-5-7-15(12)22-19(14)17(23)9-13(11)18(16)20(24)25-2/h3-7,13,16,18,21-22H,8-10H2,1-2H3/b11-3-/t13?,16-,18?/m0/s1. The number of para-hydroxylation sites is 1. The van der Waals surface area contributed by atoms with Crippen LogP contribution in [0.5, 0.6) is 0 Å². The zero-order valence-electron chi connectivity index (χ0n) is 14.5. The quantitative estimate of drug-likeness (QED) is 0.619. The van der Waals surface area contributed by atoms with Crippen molar-refractivity contribution in [3.8, 4) is 0 Å². The molecule has 2 unspecified atom stereocenters. The lowest BCUT2D eigenvalue weighted by atomic mass is 9.71. The molecule has 1 saturated heterocycles. The fraction of sp³-hybridized carbons (Fsp3) is 0.400. The van der Waals surface area contributed by atoms with Crippen LogP contribution in [0, 0.1) is 11.8 Å². The van der Waals surface area contributed by atoms with Crippen molar-refractivity contribution in [2.45, 2.75) is 25.8 Å². The van der Waals surface area contributed by atoms with Gasteiger partial charge in [0.25, 0.3) is 0 Å². The van der Waals surface area contributed by atoms with Crippen LogP contribution in [-0.4, -0.2) is 36.4 Å². The second kappa shape index (κ2) is 6.15. The van der Waals surface area contributed by atoms with Gasteiger partial charge in [-0.2, -0.15) is 0 Å². The lowest BCUT2D eigenvalue weighted by Crippen LogP contribution is -2.53. The van der Waals surface area contributed by atoms with Crippen molar-refractivity contribution in [1.82, 2.24) is 10.3 Å². The number of piperidine rings is 1. The van der Waals surface area contributed by atoms with Gasteiger partial charge in [0.05, 0.1) is 18.7 Å². The van der Waals surface area contributed by atoms with E-state index in [1.54, 1.807) is 0 Å². The summed E-state index contributed by atoms with van der Waals surface area (Å²) in [6, 6.07) is 7.92. The zero-order valence-corrected chi connectivity index (χ0v) is 14.5. The molecule has 25 heavy (non-hydrogen) atoms. The number of aromatic nitrogens is 1. The number of hydrogen-bond acceptors (Lipinski definition) is 4. The molecule has 3 atom stereocenters. The molecule has 0 saturated carbocycles. The third-order valence-corrected chi connectivity index (χ3v) is 5.68. The topological polar surface area (TPSA) is 71.2 Å². The Hall–Kier alpha value is -2.40. The molecule has 1 fully saturated rings. The minimum atomic E-state index is -0.337. The van der Waals surface area contributed by atoms with Gasteiger partial charge in [0.1, 0.15) is 0 Å². The zero-order chi connectivity index (χ0) is 17.6. The van der Waals surface area contributed by atoms with Gasteiger partial charge in [-0.15, -0.1) is 0 Å². The molecule has 130 valence electrons. The molecule has 2 N–H and O–H groups in total. The second-order valence-electron chi connectivity index (χ2n) is 6.86. The third-order valence-electron chi connectivity index (χ3n) is 5.68. The Balaban J connectivity index is 1.87. The van der Waals surface area contributed by atoms with E-state index in [2.05, 4.69) is 10.3 Å². The number of aromatic amines is 1. The van der Waals surface area contributed by atoms with E-state index in [9.17, 15) is 9.59 Å². The number of carbonyl (C=O) groups is 2. The van der Waals surface area contributed by atoms with Gasteiger partial charge in [-0.25, -0.2) is 0 Å². The number of esters is 1. The van der Waals surface area contributed by atoms with E-state index in [0.29, 0.717) is 25.1 Å². The lowest BCUT2D eigenvalue weighted by Gasteiger charge is -2.40. The first-order chi connectivity index (χ1) is 12.1. The van der Waals surface area contributed by atoms with Crippen molar-refractivity contribution >= 4 is 22.7 Å². The fourth-order valence-electron chi connectivity index (χ4n) is 4.43. The van der Waals surface area contributed by atoms with Crippen LogP contribution in [0.3, 0.4) is 0 Å². The molecule has 0 amide bonds. The first-order valence-electron chi connectivity index (χ1n) is 8.73. The predicted molar refractivity (Wildman–Crippen MR) is 95.5 cm³/mol. The first kappa shape index (κ1) is 16.1. The summed E-state index contributed by atoms with van der Waals surface area (Å²) >= 11 is 0. The van der Waals surface area contributed by atoms with E-state index in [0.717, 1.165) is 22.0 Å². The third kappa shape index (κ3) is 2.50. The van der Waals surface area contributed by atoms with Crippen molar-refractivity contribution in [1.29, 1.82) is 0 Å². The van der Waals surface area contributed by atoms with Gasteiger partial charge in [-0.05, 0) is 25.0 Å². The number of carbonyl (C=O) groups excluding carboxylic acids is 2. The van der Waals surface area contributed by atoms with Crippen LogP contribution in [0.25, 0.3) is 10.9 Å². The van der Waals surface area contributed by atoms with Crippen molar-refractivity contribution in [2.24, 2.45) is 11.8 Å². The van der Waals surface area contributed by atoms with Crippen molar-refractivity contribution in [3.05, 3.63) is 47.2 Å². The van der Waals surface area contributed by atoms with Gasteiger partial charge in [0.2, 0.25) is 0 Å². The highest BCUT2D eigenvalue weighted by Gasteiger charge is 2.44. The Kier molecular flexibility index (Phi) is 3.96. The molecular formula is C20H22N2O3. The number of hydrogen-bond donors (Lipinski definition) is 2. The Morgan fingerprint density at radius 2 is 2.08 bits per heavy atom. The summed E-state index contributed by atoms with van der Waals surface area (Å²) < 4.78 is 5.08. The molecule has 2 heterocycles. The molecule has 2 aromatic rings. The Morgan fingerprint density at radius 1 is 1.28 bits per heavy atom. The molecule has 2 bridgehead atoms. The fourth-order valence-corrected chi connectivity index (χ4v) is 4.43. The number of allylic oxidation sites excluding steroid dienone is 1. The number of ketones is 1. The highest BCUT2D eigenvalue weighted by Crippen LogP contribution is 2.38. The van der Waals surface area contributed by atoms with Crippen molar-refractivity contribution < 1.29 is 14.3 Å². The molecule has 1 aliphatic heterocycles. The van der Waals surface area contributed by atoms with Crippen LogP contribution in [0.15, 0.2) is 35.9 Å². The van der Waals surface area contributed by atoms with Crippen LogP contribution in [-0.2, 0) is 16.0 Å². The maximum atomic E-state index is 13.0. The number of fused-ring (bicyclic) bond motifs is 5. The maximum Gasteiger partial charge on any atom is 0.310 e. The Morgan fingerprint density at radius 3 is 2.84 bits per heavy atom. The van der Waals surface area contributed by atoms with Crippen molar-refractivity contribution in [2.75, 3.05) is 13.7 Å². The van der Waals surface area contributed by atoms with Gasteiger partial charge in [0, 0.05) is 35.8 Å². The molecule has 0 radical (unpaired) electrons. The van der Waals surface area contributed by atoms with Crippen molar-refractivity contribution in [3.63, 3.8) is 0 Å². The smallest absolute Gasteiger partial charge is 0.310 e. The number of Topliss-reactive ketones (excluding diaryl/α,β-unsaturated/α-hetero) is 1. The lowest BCUT2D eigenvalue weighted by molar-refractivity contribution is -0.148. The number of nitrogens with one attached hydrogen (secondary N) is 2. The minimum Gasteiger partial charge on any atom is -0.469 e. The van der Waals surface area contributed by atoms with Crippen LogP contribution in [0.2, 0.25) is 0 Å². The number of H-pyrrole nitrogens is 1. The minimum absolute atomic E-state index is 0.0350. The van der Waals surface area contributed by atoms with Gasteiger partial charge < -0.3 is 15.0 Å². The Labute approximate surface area is 146 Å². The van der Waals surface area contributed by atoms with E-state index in [1.165, 1.54) is 7.11 Å². The number of rotatable bonds is 1. The van der Waals surface area contributed by atoms with Crippen LogP contribution in [0.4, 0.5) is 0 Å².